The summed E-state index contributed by atoms with van der Waals surface area (Å²) in [6.07, 6.45) is -1.91. The molecule has 10 heteroatoms. The molecule has 2 N–H and O–H groups in total. The summed E-state index contributed by atoms with van der Waals surface area (Å²) in [5.41, 5.74) is 0.337. The van der Waals surface area contributed by atoms with Crippen molar-refractivity contribution in [3.05, 3.63) is 59.0 Å². The predicted octanol–water partition coefficient (Wildman–Crippen LogP) is 5.74. The van der Waals surface area contributed by atoms with Crippen LogP contribution in [0.25, 0.3) is 10.9 Å². The van der Waals surface area contributed by atoms with E-state index in [4.69, 9.17) is 0 Å². The maximum absolute atomic E-state index is 15.1. The van der Waals surface area contributed by atoms with Gasteiger partial charge in [0.15, 0.2) is 11.6 Å². The number of aromatic hydroxyl groups is 1. The Bertz CT molecular complexity index is 1260. The topological polar surface area (TPSA) is 88.8 Å². The number of hydrogen-bond acceptors (Lipinski definition) is 4. The Morgan fingerprint density at radius 2 is 1.79 bits per heavy atom. The van der Waals surface area contributed by atoms with E-state index in [0.29, 0.717) is 0 Å². The third kappa shape index (κ3) is 4.32. The Kier molecular flexibility index (Phi) is 6.01. The highest BCUT2D eigenvalue weighted by Crippen LogP contribution is 2.42. The number of carbonyl (C=O) groups is 2. The Labute approximate surface area is 191 Å². The number of nitrogens with zero attached hydrogens (tertiary/aromatic N) is 1. The first kappa shape index (κ1) is 23.6. The lowest BCUT2D eigenvalue weighted by Crippen LogP contribution is -2.21. The number of alkyl halides is 3. The van der Waals surface area contributed by atoms with Crippen molar-refractivity contribution in [2.45, 2.75) is 44.9 Å². The molecule has 1 unspecified atom stereocenters. The van der Waals surface area contributed by atoms with Crippen molar-refractivity contribution in [3.8, 4) is 11.5 Å². The molecule has 180 valence electrons. The summed E-state index contributed by atoms with van der Waals surface area (Å²) in [5.74, 6) is -5.02. The number of phenols is 1. The highest BCUT2D eigenvalue weighted by Gasteiger charge is 2.35. The van der Waals surface area contributed by atoms with Crippen LogP contribution in [0.2, 0.25) is 0 Å². The fourth-order valence-electron chi connectivity index (χ4n) is 4.50. The zero-order chi connectivity index (χ0) is 24.8. The summed E-state index contributed by atoms with van der Waals surface area (Å²) < 4.78 is 57.3. The van der Waals surface area contributed by atoms with E-state index < -0.39 is 41.5 Å². The minimum absolute atomic E-state index is 0.0135. The van der Waals surface area contributed by atoms with E-state index >= 15 is 4.39 Å². The molecule has 0 aliphatic heterocycles. The van der Waals surface area contributed by atoms with Gasteiger partial charge in [0.25, 0.3) is 5.91 Å². The largest absolute Gasteiger partial charge is 0.573 e. The van der Waals surface area contributed by atoms with E-state index in [1.54, 1.807) is 0 Å². The minimum Gasteiger partial charge on any atom is -0.505 e. The van der Waals surface area contributed by atoms with E-state index in [2.05, 4.69) is 4.74 Å². The summed E-state index contributed by atoms with van der Waals surface area (Å²) in [6, 6.07) is 6.60. The van der Waals surface area contributed by atoms with E-state index in [1.165, 1.54) is 13.0 Å². The standard InChI is InChI=1S/C24H21F4NO5/c1-12-19(16(23(32)33)11-13-3-2-4-13)20-17(9-10-18(30)21(20)25)29(12)22(31)14-5-7-15(8-6-14)34-24(26,27)28/h5-10,13,16,30H,2-4,11H2,1H3,(H,32,33). The Hall–Kier alpha value is -3.56. The van der Waals surface area contributed by atoms with Crippen LogP contribution in [-0.4, -0.2) is 33.0 Å². The molecule has 1 fully saturated rings. The van der Waals surface area contributed by atoms with Crippen molar-refractivity contribution < 1.29 is 42.1 Å². The molecule has 0 spiro atoms. The first-order valence-electron chi connectivity index (χ1n) is 10.6. The molecular formula is C24H21F4NO5. The summed E-state index contributed by atoms with van der Waals surface area (Å²) in [4.78, 5) is 25.5. The smallest absolute Gasteiger partial charge is 0.505 e. The number of rotatable bonds is 6. The van der Waals surface area contributed by atoms with Crippen molar-refractivity contribution in [1.82, 2.24) is 4.57 Å². The number of fused-ring (bicyclic) bond motifs is 1. The van der Waals surface area contributed by atoms with Crippen LogP contribution in [-0.2, 0) is 4.79 Å². The molecule has 1 atom stereocenters. The van der Waals surface area contributed by atoms with Gasteiger partial charge >= 0.3 is 12.3 Å². The number of carbonyl (C=O) groups excluding carboxylic acids is 1. The summed E-state index contributed by atoms with van der Waals surface area (Å²) in [5, 5.41) is 19.7. The van der Waals surface area contributed by atoms with Crippen molar-refractivity contribution in [2.24, 2.45) is 5.92 Å². The first-order valence-corrected chi connectivity index (χ1v) is 10.6. The van der Waals surface area contributed by atoms with Crippen LogP contribution in [0.15, 0.2) is 36.4 Å². The molecular weight excluding hydrogens is 458 g/mol. The van der Waals surface area contributed by atoms with Gasteiger partial charge in [-0.25, -0.2) is 4.39 Å². The summed E-state index contributed by atoms with van der Waals surface area (Å²) in [6.45, 7) is 1.49. The van der Waals surface area contributed by atoms with Crippen LogP contribution in [0.4, 0.5) is 17.6 Å². The fourth-order valence-corrected chi connectivity index (χ4v) is 4.50. The summed E-state index contributed by atoms with van der Waals surface area (Å²) >= 11 is 0. The second kappa shape index (κ2) is 8.66. The van der Waals surface area contributed by atoms with E-state index in [0.717, 1.165) is 54.2 Å². The van der Waals surface area contributed by atoms with Gasteiger partial charge in [-0.1, -0.05) is 19.3 Å². The molecule has 1 aliphatic carbocycles. The quantitative estimate of drug-likeness (QED) is 0.440. The lowest BCUT2D eigenvalue weighted by atomic mass is 9.76. The lowest BCUT2D eigenvalue weighted by Gasteiger charge is -2.28. The molecule has 1 aliphatic rings. The molecule has 0 amide bonds. The van der Waals surface area contributed by atoms with Gasteiger partial charge in [0, 0.05) is 16.6 Å². The maximum atomic E-state index is 15.1. The van der Waals surface area contributed by atoms with Crippen LogP contribution < -0.4 is 4.74 Å². The molecule has 6 nitrogen and oxygen atoms in total. The Morgan fingerprint density at radius 1 is 1.15 bits per heavy atom. The second-order valence-electron chi connectivity index (χ2n) is 8.43. The first-order chi connectivity index (χ1) is 16.0. The van der Waals surface area contributed by atoms with Crippen LogP contribution in [0.3, 0.4) is 0 Å². The number of aromatic nitrogens is 1. The lowest BCUT2D eigenvalue weighted by molar-refractivity contribution is -0.274. The number of carboxylic acids is 1. The van der Waals surface area contributed by atoms with Gasteiger partial charge in [-0.3, -0.25) is 14.2 Å². The Balaban J connectivity index is 1.83. The van der Waals surface area contributed by atoms with Gasteiger partial charge in [-0.15, -0.1) is 13.2 Å². The highest BCUT2D eigenvalue weighted by molar-refractivity contribution is 6.05. The molecule has 1 saturated carbocycles. The van der Waals surface area contributed by atoms with E-state index in [9.17, 15) is 33.0 Å². The van der Waals surface area contributed by atoms with Crippen LogP contribution in [0.1, 0.15) is 53.2 Å². The summed E-state index contributed by atoms with van der Waals surface area (Å²) in [7, 11) is 0. The molecule has 2 aromatic carbocycles. The maximum Gasteiger partial charge on any atom is 0.573 e. The molecule has 0 saturated heterocycles. The number of benzene rings is 2. The van der Waals surface area contributed by atoms with Gasteiger partial charge in [0.1, 0.15) is 5.75 Å². The van der Waals surface area contributed by atoms with Crippen LogP contribution >= 0.6 is 0 Å². The molecule has 1 heterocycles. The number of halogens is 4. The number of aliphatic carboxylic acids is 1. The van der Waals surface area contributed by atoms with Gasteiger partial charge in [0.05, 0.1) is 11.4 Å². The zero-order valence-corrected chi connectivity index (χ0v) is 18.0. The molecule has 0 radical (unpaired) electrons. The third-order valence-electron chi connectivity index (χ3n) is 6.31. The molecule has 3 aromatic rings. The highest BCUT2D eigenvalue weighted by atomic mass is 19.4. The SMILES string of the molecule is Cc1c(C(CC2CCC2)C(=O)O)c2c(F)c(O)ccc2n1C(=O)c1ccc(OC(F)(F)F)cc1. The van der Waals surface area contributed by atoms with Crippen LogP contribution in [0, 0.1) is 18.7 Å². The number of hydrogen-bond donors (Lipinski definition) is 2. The number of carboxylic acid groups (broad SMARTS) is 1. The monoisotopic (exact) mass is 479 g/mol. The van der Waals surface area contributed by atoms with Crippen molar-refractivity contribution in [3.63, 3.8) is 0 Å². The average molecular weight is 479 g/mol. The molecule has 34 heavy (non-hydrogen) atoms. The molecule has 4 rings (SSSR count). The van der Waals surface area contributed by atoms with Gasteiger partial charge in [-0.05, 0) is 61.2 Å². The van der Waals surface area contributed by atoms with E-state index in [-0.39, 0.29) is 40.1 Å². The average Bonchev–Trinajstić information content (AvgIpc) is 3.01. The molecule has 0 bridgehead atoms. The third-order valence-corrected chi connectivity index (χ3v) is 6.31. The van der Waals surface area contributed by atoms with Crippen molar-refractivity contribution >= 4 is 22.8 Å². The van der Waals surface area contributed by atoms with Crippen molar-refractivity contribution in [1.29, 1.82) is 0 Å². The van der Waals surface area contributed by atoms with Gasteiger partial charge in [0.2, 0.25) is 0 Å². The van der Waals surface area contributed by atoms with Crippen molar-refractivity contribution in [2.75, 3.05) is 0 Å². The number of ether oxygens (including phenoxy) is 1. The van der Waals surface area contributed by atoms with Gasteiger partial charge in [-0.2, -0.15) is 0 Å². The number of phenolic OH excluding ortho intramolecular Hbond substituents is 1. The zero-order valence-electron chi connectivity index (χ0n) is 18.0. The van der Waals surface area contributed by atoms with Crippen LogP contribution in [0.5, 0.6) is 11.5 Å². The second-order valence-corrected chi connectivity index (χ2v) is 8.43. The fraction of sp³-hybridized carbons (Fsp3) is 0.333. The molecule has 1 aromatic heterocycles. The normalized spacial score (nSPS) is 15.2. The minimum atomic E-state index is -4.89. The Morgan fingerprint density at radius 3 is 2.32 bits per heavy atom. The predicted molar refractivity (Wildman–Crippen MR) is 113 cm³/mol. The van der Waals surface area contributed by atoms with Gasteiger partial charge < -0.3 is 14.9 Å². The van der Waals surface area contributed by atoms with E-state index in [1.807, 2.05) is 0 Å².